The van der Waals surface area contributed by atoms with Crippen LogP contribution >= 0.6 is 0 Å². The molecule has 74 valence electrons. The molecule has 1 aromatic rings. The molecule has 1 N–H and O–H groups in total. The van der Waals surface area contributed by atoms with Crippen molar-refractivity contribution in [2.45, 2.75) is 19.6 Å². The van der Waals surface area contributed by atoms with Gasteiger partial charge in [0, 0.05) is 11.3 Å². The minimum absolute atomic E-state index is 0.377. The molecular weight excluding hydrogens is 182 g/mol. The molecule has 0 aliphatic heterocycles. The third kappa shape index (κ3) is 2.65. The third-order valence-electron chi connectivity index (χ3n) is 1.63. The normalized spacial score (nSPS) is 11.6. The smallest absolute Gasteiger partial charge is 0.197 e. The maximum absolute atomic E-state index is 9.25. The van der Waals surface area contributed by atoms with Crippen LogP contribution in [0.5, 0.6) is 5.75 Å². The topological polar surface area (TPSA) is 78.2 Å². The van der Waals surface area contributed by atoms with Crippen molar-refractivity contribution in [1.82, 2.24) is 0 Å². The maximum Gasteiger partial charge on any atom is 0.197 e. The summed E-state index contributed by atoms with van der Waals surface area (Å²) >= 11 is 0. The Morgan fingerprint density at radius 1 is 1.57 bits per heavy atom. The van der Waals surface area contributed by atoms with Gasteiger partial charge in [-0.1, -0.05) is 24.2 Å². The molecule has 0 amide bonds. The van der Waals surface area contributed by atoms with Crippen molar-refractivity contribution in [3.63, 3.8) is 0 Å². The van der Waals surface area contributed by atoms with Crippen molar-refractivity contribution < 1.29 is 9.84 Å². The molecule has 0 radical (unpaired) electrons. The van der Waals surface area contributed by atoms with Crippen molar-refractivity contribution in [1.29, 1.82) is 0 Å². The first-order valence-corrected chi connectivity index (χ1v) is 4.26. The molecule has 0 heterocycles. The molecule has 1 rings (SSSR count). The zero-order valence-corrected chi connectivity index (χ0v) is 7.79. The Morgan fingerprint density at radius 3 is 2.93 bits per heavy atom. The average Bonchev–Trinajstić information content (AvgIpc) is 2.21. The maximum atomic E-state index is 9.25. The highest BCUT2D eigenvalue weighted by molar-refractivity contribution is 5.51. The van der Waals surface area contributed by atoms with Gasteiger partial charge in [0.25, 0.3) is 0 Å². The summed E-state index contributed by atoms with van der Waals surface area (Å²) < 4.78 is 5.14. The van der Waals surface area contributed by atoms with Gasteiger partial charge in [-0.25, -0.2) is 0 Å². The minimum Gasteiger partial charge on any atom is -0.465 e. The van der Waals surface area contributed by atoms with E-state index >= 15 is 0 Å². The number of hydrogen-bond acceptors (Lipinski definition) is 3. The molecule has 0 aliphatic carbocycles. The van der Waals surface area contributed by atoms with Crippen LogP contribution in [0.25, 0.3) is 10.4 Å². The van der Waals surface area contributed by atoms with E-state index in [1.54, 1.807) is 31.2 Å². The molecule has 0 spiro atoms. The molecule has 14 heavy (non-hydrogen) atoms. The van der Waals surface area contributed by atoms with Gasteiger partial charge in [-0.3, -0.25) is 0 Å². The van der Waals surface area contributed by atoms with E-state index in [0.717, 1.165) is 0 Å². The van der Waals surface area contributed by atoms with Crippen LogP contribution in [0.4, 0.5) is 5.69 Å². The van der Waals surface area contributed by atoms with Crippen molar-refractivity contribution in [3.05, 3.63) is 34.7 Å². The lowest BCUT2D eigenvalue weighted by Gasteiger charge is -2.12. The summed E-state index contributed by atoms with van der Waals surface area (Å²) in [7, 11) is 0. The Balaban J connectivity index is 2.89. The SMILES string of the molecule is CCC(O)Oc1ccccc1N=[N+]=[N-]. The van der Waals surface area contributed by atoms with Crippen LogP contribution in [0.1, 0.15) is 13.3 Å². The molecule has 1 atom stereocenters. The van der Waals surface area contributed by atoms with E-state index in [9.17, 15) is 5.11 Å². The van der Waals surface area contributed by atoms with Crippen LogP contribution < -0.4 is 4.74 Å². The van der Waals surface area contributed by atoms with Crippen LogP contribution in [0, 0.1) is 0 Å². The lowest BCUT2D eigenvalue weighted by atomic mass is 10.3. The molecule has 1 aromatic carbocycles. The molecule has 0 aromatic heterocycles. The first-order valence-electron chi connectivity index (χ1n) is 4.26. The van der Waals surface area contributed by atoms with Crippen molar-refractivity contribution >= 4 is 5.69 Å². The number of rotatable bonds is 4. The van der Waals surface area contributed by atoms with Gasteiger partial charge in [-0.2, -0.15) is 0 Å². The number of aliphatic hydroxyl groups is 1. The molecule has 5 heteroatoms. The fraction of sp³-hybridized carbons (Fsp3) is 0.333. The second-order valence-corrected chi connectivity index (χ2v) is 2.64. The van der Waals surface area contributed by atoms with Crippen molar-refractivity contribution in [3.8, 4) is 5.75 Å². The highest BCUT2D eigenvalue weighted by atomic mass is 16.6. The van der Waals surface area contributed by atoms with Crippen LogP contribution in [-0.4, -0.2) is 11.4 Å². The van der Waals surface area contributed by atoms with Gasteiger partial charge in [0.2, 0.25) is 0 Å². The van der Waals surface area contributed by atoms with Crippen molar-refractivity contribution in [2.75, 3.05) is 0 Å². The molecule has 0 fully saturated rings. The summed E-state index contributed by atoms with van der Waals surface area (Å²) in [5.41, 5.74) is 8.65. The quantitative estimate of drug-likeness (QED) is 0.345. The molecule has 5 nitrogen and oxygen atoms in total. The molecule has 0 saturated carbocycles. The Morgan fingerprint density at radius 2 is 2.29 bits per heavy atom. The van der Waals surface area contributed by atoms with Crippen LogP contribution in [-0.2, 0) is 0 Å². The van der Waals surface area contributed by atoms with E-state index in [1.807, 2.05) is 0 Å². The number of azide groups is 1. The predicted molar refractivity (Wildman–Crippen MR) is 52.2 cm³/mol. The first-order chi connectivity index (χ1) is 6.77. The number of benzene rings is 1. The second-order valence-electron chi connectivity index (χ2n) is 2.64. The number of aliphatic hydroxyl groups excluding tert-OH is 1. The molecule has 0 aliphatic rings. The van der Waals surface area contributed by atoms with E-state index in [0.29, 0.717) is 17.9 Å². The van der Waals surface area contributed by atoms with Crippen LogP contribution in [0.15, 0.2) is 29.4 Å². The fourth-order valence-electron chi connectivity index (χ4n) is 0.918. The van der Waals surface area contributed by atoms with Gasteiger partial charge in [0.05, 0.1) is 5.69 Å². The van der Waals surface area contributed by atoms with E-state index in [2.05, 4.69) is 10.0 Å². The number of ether oxygens (including phenoxy) is 1. The predicted octanol–water partition coefficient (Wildman–Crippen LogP) is 2.74. The molecule has 0 bridgehead atoms. The summed E-state index contributed by atoms with van der Waals surface area (Å²) in [5.74, 6) is 0.389. The van der Waals surface area contributed by atoms with Crippen LogP contribution in [0.3, 0.4) is 0 Å². The largest absolute Gasteiger partial charge is 0.465 e. The third-order valence-corrected chi connectivity index (χ3v) is 1.63. The summed E-state index contributed by atoms with van der Waals surface area (Å²) in [6.45, 7) is 1.79. The second kappa shape index (κ2) is 5.11. The Kier molecular flexibility index (Phi) is 3.79. The summed E-state index contributed by atoms with van der Waals surface area (Å²) in [5, 5.41) is 12.7. The molecule has 0 saturated heterocycles. The van der Waals surface area contributed by atoms with Gasteiger partial charge in [0.1, 0.15) is 5.75 Å². The van der Waals surface area contributed by atoms with Gasteiger partial charge in [-0.05, 0) is 17.7 Å². The van der Waals surface area contributed by atoms with Gasteiger partial charge >= 0.3 is 0 Å². The highest BCUT2D eigenvalue weighted by Crippen LogP contribution is 2.27. The van der Waals surface area contributed by atoms with E-state index < -0.39 is 6.29 Å². The zero-order chi connectivity index (χ0) is 10.4. The lowest BCUT2D eigenvalue weighted by Crippen LogP contribution is -2.13. The fourth-order valence-corrected chi connectivity index (χ4v) is 0.918. The average molecular weight is 193 g/mol. The number of para-hydroxylation sites is 1. The van der Waals surface area contributed by atoms with Gasteiger partial charge in [0.15, 0.2) is 6.29 Å². The number of nitrogens with zero attached hydrogens (tertiary/aromatic N) is 3. The summed E-state index contributed by atoms with van der Waals surface area (Å²) in [6.07, 6.45) is -0.394. The standard InChI is InChI=1S/C9H11N3O2/c1-2-9(13)14-8-6-4-3-5-7(8)11-12-10/h3-6,9,13H,2H2,1H3. The first kappa shape index (κ1) is 10.4. The molecular formula is C9H11N3O2. The minimum atomic E-state index is -0.870. The Bertz CT molecular complexity index is 348. The zero-order valence-electron chi connectivity index (χ0n) is 7.79. The lowest BCUT2D eigenvalue weighted by molar-refractivity contribution is -0.0187. The monoisotopic (exact) mass is 193 g/mol. The summed E-state index contributed by atoms with van der Waals surface area (Å²) in [6, 6.07) is 6.74. The Labute approximate surface area is 81.6 Å². The highest BCUT2D eigenvalue weighted by Gasteiger charge is 2.05. The molecule has 1 unspecified atom stereocenters. The number of hydrogen-bond donors (Lipinski definition) is 1. The summed E-state index contributed by atoms with van der Waals surface area (Å²) in [4.78, 5) is 2.66. The van der Waals surface area contributed by atoms with Crippen LogP contribution in [0.2, 0.25) is 0 Å². The van der Waals surface area contributed by atoms with E-state index in [4.69, 9.17) is 10.3 Å². The van der Waals surface area contributed by atoms with E-state index in [-0.39, 0.29) is 0 Å². The van der Waals surface area contributed by atoms with Gasteiger partial charge in [-0.15, -0.1) is 0 Å². The Hall–Kier alpha value is -1.71. The van der Waals surface area contributed by atoms with Crippen molar-refractivity contribution in [2.24, 2.45) is 5.11 Å². The van der Waals surface area contributed by atoms with Gasteiger partial charge < -0.3 is 9.84 Å². The van der Waals surface area contributed by atoms with E-state index in [1.165, 1.54) is 0 Å².